The van der Waals surface area contributed by atoms with Crippen LogP contribution in [0.1, 0.15) is 31.1 Å². The molecule has 0 saturated carbocycles. The standard InChI is InChI=1S/C21H22FNO5/c1-21(2,3)28-20(26)23-11-16(12-23)27-15-9-13(8-14(10-15)19(24)25)17-6-4-5-7-18(17)22/h4-10,16H,11-12H2,1-3H3,(H,24,25). The molecule has 0 unspecified atom stereocenters. The second kappa shape index (κ2) is 7.50. The molecule has 1 fully saturated rings. The van der Waals surface area contributed by atoms with Crippen molar-refractivity contribution in [2.75, 3.05) is 13.1 Å². The highest BCUT2D eigenvalue weighted by Gasteiger charge is 2.35. The average molecular weight is 387 g/mol. The number of hydrogen-bond donors (Lipinski definition) is 1. The molecule has 1 aliphatic heterocycles. The summed E-state index contributed by atoms with van der Waals surface area (Å²) in [6.07, 6.45) is -0.705. The quantitative estimate of drug-likeness (QED) is 0.851. The molecule has 1 saturated heterocycles. The van der Waals surface area contributed by atoms with Gasteiger partial charge in [0, 0.05) is 5.56 Å². The smallest absolute Gasteiger partial charge is 0.410 e. The van der Waals surface area contributed by atoms with Crippen molar-refractivity contribution in [3.8, 4) is 16.9 Å². The van der Waals surface area contributed by atoms with E-state index in [9.17, 15) is 19.1 Å². The van der Waals surface area contributed by atoms with Crippen molar-refractivity contribution in [2.45, 2.75) is 32.5 Å². The fraction of sp³-hybridized carbons (Fsp3) is 0.333. The van der Waals surface area contributed by atoms with Gasteiger partial charge in [-0.2, -0.15) is 0 Å². The summed E-state index contributed by atoms with van der Waals surface area (Å²) in [5.41, 5.74) is 0.128. The molecule has 2 aromatic carbocycles. The number of carbonyl (C=O) groups excluding carboxylic acids is 1. The van der Waals surface area contributed by atoms with Crippen LogP contribution >= 0.6 is 0 Å². The lowest BCUT2D eigenvalue weighted by Crippen LogP contribution is -2.57. The van der Waals surface area contributed by atoms with Gasteiger partial charge in [-0.1, -0.05) is 18.2 Å². The Kier molecular flexibility index (Phi) is 5.27. The number of carboxylic acids is 1. The Hall–Kier alpha value is -3.09. The first-order chi connectivity index (χ1) is 13.1. The summed E-state index contributed by atoms with van der Waals surface area (Å²) in [6, 6.07) is 10.5. The van der Waals surface area contributed by atoms with Crippen LogP contribution in [0.4, 0.5) is 9.18 Å². The van der Waals surface area contributed by atoms with Crippen molar-refractivity contribution < 1.29 is 28.6 Å². The van der Waals surface area contributed by atoms with Crippen LogP contribution in [0.25, 0.3) is 11.1 Å². The van der Waals surface area contributed by atoms with E-state index in [0.29, 0.717) is 30.0 Å². The predicted octanol–water partition coefficient (Wildman–Crippen LogP) is 4.19. The second-order valence-electron chi connectivity index (χ2n) is 7.66. The van der Waals surface area contributed by atoms with Crippen molar-refractivity contribution in [3.05, 3.63) is 53.8 Å². The number of halogens is 1. The highest BCUT2D eigenvalue weighted by Crippen LogP contribution is 2.30. The molecule has 1 aliphatic rings. The van der Waals surface area contributed by atoms with Crippen LogP contribution in [0, 0.1) is 5.82 Å². The Morgan fingerprint density at radius 3 is 2.43 bits per heavy atom. The van der Waals surface area contributed by atoms with E-state index in [1.807, 2.05) is 0 Å². The van der Waals surface area contributed by atoms with E-state index in [2.05, 4.69) is 0 Å². The van der Waals surface area contributed by atoms with Gasteiger partial charge in [0.1, 0.15) is 23.3 Å². The molecule has 0 bridgehead atoms. The number of carboxylic acid groups (broad SMARTS) is 1. The molecule has 0 radical (unpaired) electrons. The summed E-state index contributed by atoms with van der Waals surface area (Å²) in [7, 11) is 0. The summed E-state index contributed by atoms with van der Waals surface area (Å²) >= 11 is 0. The summed E-state index contributed by atoms with van der Waals surface area (Å²) in [6.45, 7) is 6.05. The largest absolute Gasteiger partial charge is 0.487 e. The molecule has 28 heavy (non-hydrogen) atoms. The van der Waals surface area contributed by atoms with Crippen LogP contribution in [-0.2, 0) is 4.74 Å². The number of benzene rings is 2. The number of nitrogens with zero attached hydrogens (tertiary/aromatic N) is 1. The SMILES string of the molecule is CC(C)(C)OC(=O)N1CC(Oc2cc(C(=O)O)cc(-c3ccccc3F)c2)C1. The molecule has 0 spiro atoms. The van der Waals surface area contributed by atoms with Crippen molar-refractivity contribution >= 4 is 12.1 Å². The summed E-state index contributed by atoms with van der Waals surface area (Å²) in [5.74, 6) is -1.27. The van der Waals surface area contributed by atoms with Crippen molar-refractivity contribution in [2.24, 2.45) is 0 Å². The highest BCUT2D eigenvalue weighted by atomic mass is 19.1. The van der Waals surface area contributed by atoms with Crippen LogP contribution in [0.2, 0.25) is 0 Å². The first-order valence-electron chi connectivity index (χ1n) is 8.90. The third kappa shape index (κ3) is 4.60. The fourth-order valence-electron chi connectivity index (χ4n) is 2.82. The Balaban J connectivity index is 1.74. The number of ether oxygens (including phenoxy) is 2. The Labute approximate surface area is 162 Å². The van der Waals surface area contributed by atoms with Crippen LogP contribution in [0.3, 0.4) is 0 Å². The second-order valence-corrected chi connectivity index (χ2v) is 7.66. The monoisotopic (exact) mass is 387 g/mol. The van der Waals surface area contributed by atoms with Gasteiger partial charge in [-0.15, -0.1) is 0 Å². The molecule has 7 heteroatoms. The lowest BCUT2D eigenvalue weighted by atomic mass is 10.0. The molecule has 1 heterocycles. The zero-order valence-electron chi connectivity index (χ0n) is 15.9. The van der Waals surface area contributed by atoms with Crippen molar-refractivity contribution in [1.29, 1.82) is 0 Å². The van der Waals surface area contributed by atoms with E-state index >= 15 is 0 Å². The Bertz CT molecular complexity index is 900. The molecule has 0 atom stereocenters. The van der Waals surface area contributed by atoms with Gasteiger partial charge in [-0.3, -0.25) is 0 Å². The molecule has 1 N–H and O–H groups in total. The topological polar surface area (TPSA) is 76.1 Å². The Morgan fingerprint density at radius 1 is 1.14 bits per heavy atom. The minimum Gasteiger partial charge on any atom is -0.487 e. The van der Waals surface area contributed by atoms with Crippen LogP contribution in [-0.4, -0.2) is 46.9 Å². The van der Waals surface area contributed by atoms with Gasteiger partial charge in [0.2, 0.25) is 0 Å². The van der Waals surface area contributed by atoms with Crippen molar-refractivity contribution in [1.82, 2.24) is 4.90 Å². The van der Waals surface area contributed by atoms with E-state index in [1.54, 1.807) is 45.0 Å². The van der Waals surface area contributed by atoms with Gasteiger partial charge < -0.3 is 19.5 Å². The van der Waals surface area contributed by atoms with E-state index in [4.69, 9.17) is 9.47 Å². The maximum absolute atomic E-state index is 14.1. The van der Waals surface area contributed by atoms with Gasteiger partial charge in [0.15, 0.2) is 0 Å². The van der Waals surface area contributed by atoms with Gasteiger partial charge >= 0.3 is 12.1 Å². The number of rotatable bonds is 4. The summed E-state index contributed by atoms with van der Waals surface area (Å²) in [4.78, 5) is 24.9. The molecule has 0 aromatic heterocycles. The third-order valence-corrected chi connectivity index (χ3v) is 4.14. The number of amides is 1. The zero-order chi connectivity index (χ0) is 20.5. The van der Waals surface area contributed by atoms with Gasteiger partial charge in [-0.05, 0) is 50.6 Å². The van der Waals surface area contributed by atoms with E-state index < -0.39 is 23.5 Å². The van der Waals surface area contributed by atoms with Gasteiger partial charge in [0.25, 0.3) is 0 Å². The molecular formula is C21H22FNO5. The molecule has 1 amide bonds. The fourth-order valence-corrected chi connectivity index (χ4v) is 2.82. The lowest BCUT2D eigenvalue weighted by Gasteiger charge is -2.39. The molecule has 6 nitrogen and oxygen atoms in total. The number of likely N-dealkylation sites (tertiary alicyclic amines) is 1. The molecule has 2 aromatic rings. The normalized spacial score (nSPS) is 14.4. The Morgan fingerprint density at radius 2 is 1.82 bits per heavy atom. The van der Waals surface area contributed by atoms with E-state index in [-0.39, 0.29) is 11.7 Å². The predicted molar refractivity (Wildman–Crippen MR) is 101 cm³/mol. The lowest BCUT2D eigenvalue weighted by molar-refractivity contribution is -0.0221. The first kappa shape index (κ1) is 19.7. The van der Waals surface area contributed by atoms with E-state index in [1.165, 1.54) is 23.1 Å². The van der Waals surface area contributed by atoms with E-state index in [0.717, 1.165) is 0 Å². The van der Waals surface area contributed by atoms with Crippen molar-refractivity contribution in [3.63, 3.8) is 0 Å². The van der Waals surface area contributed by atoms with Crippen LogP contribution in [0.5, 0.6) is 5.75 Å². The van der Waals surface area contributed by atoms with Crippen LogP contribution in [0.15, 0.2) is 42.5 Å². The minimum atomic E-state index is -1.13. The number of hydrogen-bond acceptors (Lipinski definition) is 4. The molecule has 148 valence electrons. The zero-order valence-corrected chi connectivity index (χ0v) is 15.9. The van der Waals surface area contributed by atoms with Gasteiger partial charge in [-0.25, -0.2) is 14.0 Å². The molecule has 3 rings (SSSR count). The molecule has 0 aliphatic carbocycles. The summed E-state index contributed by atoms with van der Waals surface area (Å²) in [5, 5.41) is 9.36. The third-order valence-electron chi connectivity index (χ3n) is 4.14. The first-order valence-corrected chi connectivity index (χ1v) is 8.90. The minimum absolute atomic E-state index is 0.000857. The number of aromatic carboxylic acids is 1. The van der Waals surface area contributed by atoms with Crippen LogP contribution < -0.4 is 4.74 Å². The molecular weight excluding hydrogens is 365 g/mol. The maximum atomic E-state index is 14.1. The highest BCUT2D eigenvalue weighted by molar-refractivity contribution is 5.90. The average Bonchev–Trinajstić information content (AvgIpc) is 2.56. The number of carbonyl (C=O) groups is 2. The summed E-state index contributed by atoms with van der Waals surface area (Å²) < 4.78 is 25.2. The maximum Gasteiger partial charge on any atom is 0.410 e. The van der Waals surface area contributed by atoms with Gasteiger partial charge in [0.05, 0.1) is 18.7 Å².